The molecule has 1 aromatic heterocycles. The largest absolute Gasteiger partial charge is 0.484 e. The standard InChI is InChI=1S/C23H31N3O5/c1-28-16-11-23(22-24-21(31-25-22)18-7-14-29-15-8-18)9-12-26(13-10-23)20(27)17-30-19-5-3-2-4-6-19/h2-6,18H,7-17H2,1H3. The molecule has 3 heterocycles. The lowest BCUT2D eigenvalue weighted by Gasteiger charge is -2.39. The normalized spacial score (nSPS) is 19.3. The highest BCUT2D eigenvalue weighted by atomic mass is 16.5. The molecular formula is C23H31N3O5. The Kier molecular flexibility index (Phi) is 7.19. The number of ether oxygens (including phenoxy) is 3. The Bertz CT molecular complexity index is 827. The lowest BCUT2D eigenvalue weighted by Crippen LogP contribution is -2.47. The van der Waals surface area contributed by atoms with E-state index in [1.165, 1.54) is 0 Å². The van der Waals surface area contributed by atoms with Crippen molar-refractivity contribution in [3.05, 3.63) is 42.0 Å². The van der Waals surface area contributed by atoms with Crippen LogP contribution in [0.2, 0.25) is 0 Å². The van der Waals surface area contributed by atoms with Crippen LogP contribution in [0.4, 0.5) is 0 Å². The minimum Gasteiger partial charge on any atom is -0.484 e. The van der Waals surface area contributed by atoms with Gasteiger partial charge in [-0.15, -0.1) is 0 Å². The van der Waals surface area contributed by atoms with Crippen LogP contribution < -0.4 is 4.74 Å². The van der Waals surface area contributed by atoms with E-state index in [4.69, 9.17) is 23.7 Å². The summed E-state index contributed by atoms with van der Waals surface area (Å²) in [4.78, 5) is 19.3. The zero-order chi connectivity index (χ0) is 21.5. The molecule has 0 radical (unpaired) electrons. The maximum absolute atomic E-state index is 12.7. The van der Waals surface area contributed by atoms with Crippen LogP contribution in [0.1, 0.15) is 49.7 Å². The van der Waals surface area contributed by atoms with E-state index in [-0.39, 0.29) is 23.8 Å². The van der Waals surface area contributed by atoms with Gasteiger partial charge in [0.05, 0.1) is 0 Å². The number of hydrogen-bond acceptors (Lipinski definition) is 7. The number of nitrogens with zero attached hydrogens (tertiary/aromatic N) is 3. The van der Waals surface area contributed by atoms with E-state index >= 15 is 0 Å². The average molecular weight is 430 g/mol. The molecule has 4 rings (SSSR count). The molecule has 0 unspecified atom stereocenters. The molecule has 0 atom stereocenters. The Hall–Kier alpha value is -2.45. The highest BCUT2D eigenvalue weighted by Gasteiger charge is 2.41. The Morgan fingerprint density at radius 1 is 1.19 bits per heavy atom. The summed E-state index contributed by atoms with van der Waals surface area (Å²) in [7, 11) is 1.71. The van der Waals surface area contributed by atoms with Gasteiger partial charge in [-0.05, 0) is 44.2 Å². The van der Waals surface area contributed by atoms with Gasteiger partial charge in [0, 0.05) is 51.4 Å². The Labute approximate surface area is 182 Å². The number of benzene rings is 1. The Balaban J connectivity index is 1.39. The number of para-hydroxylation sites is 1. The summed E-state index contributed by atoms with van der Waals surface area (Å²) in [5.41, 5.74) is -0.236. The van der Waals surface area contributed by atoms with Crippen LogP contribution >= 0.6 is 0 Å². The molecule has 8 heteroatoms. The molecule has 0 bridgehead atoms. The molecule has 2 aliphatic heterocycles. The topological polar surface area (TPSA) is 86.9 Å². The van der Waals surface area contributed by atoms with E-state index in [0.29, 0.717) is 31.3 Å². The minimum atomic E-state index is -0.236. The Morgan fingerprint density at radius 3 is 2.65 bits per heavy atom. The quantitative estimate of drug-likeness (QED) is 0.638. The van der Waals surface area contributed by atoms with Crippen molar-refractivity contribution in [1.29, 1.82) is 0 Å². The molecule has 0 N–H and O–H groups in total. The molecule has 8 nitrogen and oxygen atoms in total. The number of piperidine rings is 1. The van der Waals surface area contributed by atoms with Crippen molar-refractivity contribution in [2.45, 2.75) is 43.4 Å². The van der Waals surface area contributed by atoms with E-state index in [0.717, 1.165) is 51.1 Å². The molecule has 2 aromatic rings. The average Bonchev–Trinajstić information content (AvgIpc) is 3.34. The van der Waals surface area contributed by atoms with Crippen molar-refractivity contribution < 1.29 is 23.5 Å². The fourth-order valence-corrected chi connectivity index (χ4v) is 4.38. The maximum Gasteiger partial charge on any atom is 0.260 e. The number of rotatable bonds is 8. The second kappa shape index (κ2) is 10.2. The summed E-state index contributed by atoms with van der Waals surface area (Å²) < 4.78 is 22.1. The molecule has 0 saturated carbocycles. The molecule has 1 aromatic carbocycles. The molecule has 1 amide bonds. The number of methoxy groups -OCH3 is 1. The number of aromatic nitrogens is 2. The molecule has 0 aliphatic carbocycles. The monoisotopic (exact) mass is 429 g/mol. The summed E-state index contributed by atoms with van der Waals surface area (Å²) in [5.74, 6) is 2.43. The van der Waals surface area contributed by atoms with Gasteiger partial charge < -0.3 is 23.6 Å². The fourth-order valence-electron chi connectivity index (χ4n) is 4.38. The molecule has 2 aliphatic rings. The van der Waals surface area contributed by atoms with Gasteiger partial charge in [0.1, 0.15) is 5.75 Å². The van der Waals surface area contributed by atoms with Gasteiger partial charge in [-0.25, -0.2) is 0 Å². The van der Waals surface area contributed by atoms with Crippen molar-refractivity contribution in [3.63, 3.8) is 0 Å². The van der Waals surface area contributed by atoms with Crippen molar-refractivity contribution >= 4 is 5.91 Å². The first-order valence-corrected chi connectivity index (χ1v) is 11.1. The molecule has 2 fully saturated rings. The zero-order valence-corrected chi connectivity index (χ0v) is 18.1. The highest BCUT2D eigenvalue weighted by Crippen LogP contribution is 2.38. The highest BCUT2D eigenvalue weighted by molar-refractivity contribution is 5.77. The van der Waals surface area contributed by atoms with Gasteiger partial charge in [-0.3, -0.25) is 4.79 Å². The van der Waals surface area contributed by atoms with E-state index in [1.807, 2.05) is 35.2 Å². The second-order valence-electron chi connectivity index (χ2n) is 8.35. The van der Waals surface area contributed by atoms with Crippen molar-refractivity contribution in [2.24, 2.45) is 0 Å². The van der Waals surface area contributed by atoms with Crippen molar-refractivity contribution in [1.82, 2.24) is 15.0 Å². The summed E-state index contributed by atoms with van der Waals surface area (Å²) in [6, 6.07) is 9.41. The van der Waals surface area contributed by atoms with Gasteiger partial charge in [0.2, 0.25) is 5.89 Å². The number of carbonyl (C=O) groups is 1. The van der Waals surface area contributed by atoms with Gasteiger partial charge in [0.15, 0.2) is 12.4 Å². The third-order valence-electron chi connectivity index (χ3n) is 6.45. The summed E-state index contributed by atoms with van der Waals surface area (Å²) in [6.45, 7) is 3.42. The smallest absolute Gasteiger partial charge is 0.260 e. The van der Waals surface area contributed by atoms with Gasteiger partial charge in [0.25, 0.3) is 5.91 Å². The third kappa shape index (κ3) is 5.25. The third-order valence-corrected chi connectivity index (χ3v) is 6.45. The van der Waals surface area contributed by atoms with E-state index < -0.39 is 0 Å². The number of likely N-dealkylation sites (tertiary alicyclic amines) is 1. The molecule has 168 valence electrons. The number of carbonyl (C=O) groups excluding carboxylic acids is 1. The van der Waals surface area contributed by atoms with Crippen LogP contribution in [0.15, 0.2) is 34.9 Å². The maximum atomic E-state index is 12.7. The summed E-state index contributed by atoms with van der Waals surface area (Å²) >= 11 is 0. The van der Waals surface area contributed by atoms with Crippen LogP contribution in [0, 0.1) is 0 Å². The van der Waals surface area contributed by atoms with Crippen LogP contribution in [-0.4, -0.2) is 67.6 Å². The molecule has 31 heavy (non-hydrogen) atoms. The SMILES string of the molecule is COCCC1(c2noc(C3CCOCC3)n2)CCN(C(=O)COc2ccccc2)CC1. The second-order valence-corrected chi connectivity index (χ2v) is 8.35. The van der Waals surface area contributed by atoms with Crippen molar-refractivity contribution in [2.75, 3.05) is 46.6 Å². The first-order valence-electron chi connectivity index (χ1n) is 11.1. The minimum absolute atomic E-state index is 0.000186. The van der Waals surface area contributed by atoms with E-state index in [1.54, 1.807) is 7.11 Å². The predicted octanol–water partition coefficient (Wildman–Crippen LogP) is 2.94. The fraction of sp³-hybridized carbons (Fsp3) is 0.609. The summed E-state index contributed by atoms with van der Waals surface area (Å²) in [6.07, 6.45) is 4.19. The lowest BCUT2D eigenvalue weighted by atomic mass is 9.75. The Morgan fingerprint density at radius 2 is 1.94 bits per heavy atom. The van der Waals surface area contributed by atoms with Gasteiger partial charge in [-0.1, -0.05) is 23.4 Å². The van der Waals surface area contributed by atoms with Crippen molar-refractivity contribution in [3.8, 4) is 5.75 Å². The first-order chi connectivity index (χ1) is 15.2. The van der Waals surface area contributed by atoms with Gasteiger partial charge >= 0.3 is 0 Å². The zero-order valence-electron chi connectivity index (χ0n) is 18.1. The van der Waals surface area contributed by atoms with Gasteiger partial charge in [-0.2, -0.15) is 4.98 Å². The van der Waals surface area contributed by atoms with E-state index in [2.05, 4.69) is 5.16 Å². The van der Waals surface area contributed by atoms with E-state index in [9.17, 15) is 4.79 Å². The number of amides is 1. The lowest BCUT2D eigenvalue weighted by molar-refractivity contribution is -0.135. The summed E-state index contributed by atoms with van der Waals surface area (Å²) in [5, 5.41) is 4.38. The van der Waals surface area contributed by atoms with Crippen LogP contribution in [0.3, 0.4) is 0 Å². The van der Waals surface area contributed by atoms with Crippen LogP contribution in [0.25, 0.3) is 0 Å². The molecule has 2 saturated heterocycles. The van der Waals surface area contributed by atoms with Crippen LogP contribution in [0.5, 0.6) is 5.75 Å². The predicted molar refractivity (Wildman–Crippen MR) is 113 cm³/mol. The molecular weight excluding hydrogens is 398 g/mol. The van der Waals surface area contributed by atoms with Crippen LogP contribution in [-0.2, 0) is 19.7 Å². The molecule has 0 spiro atoms. The number of hydrogen-bond donors (Lipinski definition) is 0. The first kappa shape index (κ1) is 21.8.